The van der Waals surface area contributed by atoms with Crippen LogP contribution in [0.4, 0.5) is 0 Å². The molecule has 14 heavy (non-hydrogen) atoms. The largest absolute Gasteiger partial charge is 0.469 e. The monoisotopic (exact) mass is 201 g/mol. The zero-order chi connectivity index (χ0) is 10.8. The molecule has 0 saturated heterocycles. The number of ether oxygens (including phenoxy) is 1. The van der Waals surface area contributed by atoms with Crippen LogP contribution in [-0.2, 0) is 9.53 Å². The Labute approximate surface area is 87.2 Å². The van der Waals surface area contributed by atoms with Crippen molar-refractivity contribution in [2.75, 3.05) is 13.7 Å². The summed E-state index contributed by atoms with van der Waals surface area (Å²) in [6, 6.07) is 0.564. The normalized spacial score (nSPS) is 10.6. The van der Waals surface area contributed by atoms with Crippen LogP contribution < -0.4 is 5.32 Å². The molecule has 0 atom stereocenters. The first-order chi connectivity index (χ1) is 6.74. The van der Waals surface area contributed by atoms with Gasteiger partial charge in [0.25, 0.3) is 0 Å². The van der Waals surface area contributed by atoms with E-state index in [2.05, 4.69) is 23.9 Å². The smallest absolute Gasteiger partial charge is 0.306 e. The Hall–Kier alpha value is -0.570. The summed E-state index contributed by atoms with van der Waals surface area (Å²) in [5.41, 5.74) is 0. The molecule has 0 aliphatic carbocycles. The van der Waals surface area contributed by atoms with Crippen molar-refractivity contribution < 1.29 is 9.53 Å². The first kappa shape index (κ1) is 13.4. The highest BCUT2D eigenvalue weighted by Gasteiger charge is 2.06. The molecule has 0 heterocycles. The SMILES string of the molecule is CCCC(CCC)NCCC(=O)OC. The maximum Gasteiger partial charge on any atom is 0.306 e. The van der Waals surface area contributed by atoms with Crippen LogP contribution in [0.25, 0.3) is 0 Å². The maximum absolute atomic E-state index is 10.8. The first-order valence-corrected chi connectivity index (χ1v) is 5.54. The minimum Gasteiger partial charge on any atom is -0.469 e. The summed E-state index contributed by atoms with van der Waals surface area (Å²) in [7, 11) is 1.43. The molecule has 0 rings (SSSR count). The van der Waals surface area contributed by atoms with E-state index in [1.54, 1.807) is 0 Å². The number of carbonyl (C=O) groups is 1. The number of nitrogens with one attached hydrogen (secondary N) is 1. The second-order valence-electron chi connectivity index (χ2n) is 3.55. The van der Waals surface area contributed by atoms with Gasteiger partial charge in [0.15, 0.2) is 0 Å². The average molecular weight is 201 g/mol. The molecule has 0 aromatic rings. The van der Waals surface area contributed by atoms with Gasteiger partial charge in [-0.05, 0) is 12.8 Å². The van der Waals surface area contributed by atoms with E-state index in [-0.39, 0.29) is 5.97 Å². The molecule has 3 nitrogen and oxygen atoms in total. The minimum atomic E-state index is -0.135. The van der Waals surface area contributed by atoms with Gasteiger partial charge in [0.05, 0.1) is 13.5 Å². The summed E-state index contributed by atoms with van der Waals surface area (Å²) in [5, 5.41) is 3.39. The molecule has 0 aliphatic heterocycles. The number of hydrogen-bond acceptors (Lipinski definition) is 3. The van der Waals surface area contributed by atoms with Gasteiger partial charge in [0.2, 0.25) is 0 Å². The van der Waals surface area contributed by atoms with Crippen LogP contribution in [0.1, 0.15) is 46.0 Å². The van der Waals surface area contributed by atoms with Gasteiger partial charge in [-0.1, -0.05) is 26.7 Å². The van der Waals surface area contributed by atoms with E-state index in [1.807, 2.05) is 0 Å². The summed E-state index contributed by atoms with van der Waals surface area (Å²) >= 11 is 0. The Morgan fingerprint density at radius 2 is 1.86 bits per heavy atom. The van der Waals surface area contributed by atoms with Crippen molar-refractivity contribution in [3.63, 3.8) is 0 Å². The lowest BCUT2D eigenvalue weighted by Gasteiger charge is -2.16. The van der Waals surface area contributed by atoms with Crippen LogP contribution in [0, 0.1) is 0 Å². The second-order valence-corrected chi connectivity index (χ2v) is 3.55. The van der Waals surface area contributed by atoms with Gasteiger partial charge >= 0.3 is 5.97 Å². The predicted molar refractivity (Wildman–Crippen MR) is 58.2 cm³/mol. The van der Waals surface area contributed by atoms with E-state index in [1.165, 1.54) is 32.8 Å². The van der Waals surface area contributed by atoms with Crippen molar-refractivity contribution in [2.24, 2.45) is 0 Å². The Balaban J connectivity index is 3.54. The topological polar surface area (TPSA) is 38.3 Å². The fraction of sp³-hybridized carbons (Fsp3) is 0.909. The van der Waals surface area contributed by atoms with E-state index < -0.39 is 0 Å². The molecule has 1 N–H and O–H groups in total. The third-order valence-electron chi connectivity index (χ3n) is 2.26. The molecule has 0 aromatic heterocycles. The fourth-order valence-electron chi connectivity index (χ4n) is 1.53. The Morgan fingerprint density at radius 1 is 1.29 bits per heavy atom. The van der Waals surface area contributed by atoms with Gasteiger partial charge in [-0.2, -0.15) is 0 Å². The molecule has 0 radical (unpaired) electrons. The Bertz CT molecular complexity index is 142. The Kier molecular flexibility index (Phi) is 8.64. The van der Waals surface area contributed by atoms with E-state index in [0.717, 1.165) is 6.54 Å². The molecule has 3 heteroatoms. The molecule has 0 aliphatic rings. The van der Waals surface area contributed by atoms with Gasteiger partial charge in [-0.25, -0.2) is 0 Å². The number of hydrogen-bond donors (Lipinski definition) is 1. The number of methoxy groups -OCH3 is 1. The summed E-state index contributed by atoms with van der Waals surface area (Å²) in [5.74, 6) is -0.135. The molecule has 0 fully saturated rings. The van der Waals surface area contributed by atoms with Gasteiger partial charge < -0.3 is 10.1 Å². The standard InChI is InChI=1S/C11H23NO2/c1-4-6-10(7-5-2)12-9-8-11(13)14-3/h10,12H,4-9H2,1-3H3. The highest BCUT2D eigenvalue weighted by atomic mass is 16.5. The van der Waals surface area contributed by atoms with Crippen molar-refractivity contribution in [1.29, 1.82) is 0 Å². The summed E-state index contributed by atoms with van der Waals surface area (Å²) in [4.78, 5) is 10.8. The van der Waals surface area contributed by atoms with Gasteiger partial charge in [0.1, 0.15) is 0 Å². The maximum atomic E-state index is 10.8. The average Bonchev–Trinajstić information content (AvgIpc) is 2.18. The van der Waals surface area contributed by atoms with Crippen molar-refractivity contribution in [2.45, 2.75) is 52.0 Å². The third-order valence-corrected chi connectivity index (χ3v) is 2.26. The van der Waals surface area contributed by atoms with E-state index >= 15 is 0 Å². The highest BCUT2D eigenvalue weighted by molar-refractivity contribution is 5.69. The third kappa shape index (κ3) is 6.89. The zero-order valence-electron chi connectivity index (χ0n) is 9.64. The Morgan fingerprint density at radius 3 is 2.29 bits per heavy atom. The van der Waals surface area contributed by atoms with Crippen LogP contribution in [-0.4, -0.2) is 25.7 Å². The molecule has 0 bridgehead atoms. The van der Waals surface area contributed by atoms with E-state index in [4.69, 9.17) is 0 Å². The van der Waals surface area contributed by atoms with Gasteiger partial charge in [-0.15, -0.1) is 0 Å². The zero-order valence-corrected chi connectivity index (χ0v) is 9.64. The summed E-state index contributed by atoms with van der Waals surface area (Å²) < 4.78 is 4.57. The molecule has 0 amide bonds. The molecule has 0 aromatic carbocycles. The van der Waals surface area contributed by atoms with Gasteiger partial charge in [0, 0.05) is 12.6 Å². The lowest BCUT2D eigenvalue weighted by atomic mass is 10.1. The van der Waals surface area contributed by atoms with Crippen LogP contribution >= 0.6 is 0 Å². The fourth-order valence-corrected chi connectivity index (χ4v) is 1.53. The van der Waals surface area contributed by atoms with E-state index in [9.17, 15) is 4.79 Å². The van der Waals surface area contributed by atoms with E-state index in [0.29, 0.717) is 12.5 Å². The van der Waals surface area contributed by atoms with Crippen LogP contribution in [0.3, 0.4) is 0 Å². The van der Waals surface area contributed by atoms with Crippen molar-refractivity contribution >= 4 is 5.97 Å². The molecule has 0 spiro atoms. The van der Waals surface area contributed by atoms with Crippen molar-refractivity contribution in [3.05, 3.63) is 0 Å². The minimum absolute atomic E-state index is 0.135. The van der Waals surface area contributed by atoms with Crippen LogP contribution in [0.2, 0.25) is 0 Å². The number of rotatable bonds is 8. The van der Waals surface area contributed by atoms with Crippen LogP contribution in [0.15, 0.2) is 0 Å². The van der Waals surface area contributed by atoms with Crippen molar-refractivity contribution in [1.82, 2.24) is 5.32 Å². The number of carbonyl (C=O) groups excluding carboxylic acids is 1. The summed E-state index contributed by atoms with van der Waals surface area (Å²) in [6.45, 7) is 5.10. The van der Waals surface area contributed by atoms with Crippen LogP contribution in [0.5, 0.6) is 0 Å². The predicted octanol–water partition coefficient (Wildman–Crippen LogP) is 2.11. The quantitative estimate of drug-likeness (QED) is 0.611. The number of esters is 1. The summed E-state index contributed by atoms with van der Waals surface area (Å²) in [6.07, 6.45) is 5.23. The van der Waals surface area contributed by atoms with Crippen molar-refractivity contribution in [3.8, 4) is 0 Å². The molecular formula is C11H23NO2. The second kappa shape index (κ2) is 9.00. The van der Waals surface area contributed by atoms with Gasteiger partial charge in [-0.3, -0.25) is 4.79 Å². The lowest BCUT2D eigenvalue weighted by molar-refractivity contribution is -0.140. The molecule has 0 unspecified atom stereocenters. The highest BCUT2D eigenvalue weighted by Crippen LogP contribution is 2.04. The molecule has 84 valence electrons. The first-order valence-electron chi connectivity index (χ1n) is 5.54. The lowest BCUT2D eigenvalue weighted by Crippen LogP contribution is -2.30. The molecule has 0 saturated carbocycles. The molecular weight excluding hydrogens is 178 g/mol.